The van der Waals surface area contributed by atoms with Crippen LogP contribution in [0.5, 0.6) is 0 Å². The Morgan fingerprint density at radius 2 is 2.11 bits per heavy atom. The fourth-order valence-corrected chi connectivity index (χ4v) is 2.81. The zero-order valence-corrected chi connectivity index (χ0v) is 11.5. The predicted molar refractivity (Wildman–Crippen MR) is 71.2 cm³/mol. The summed E-state index contributed by atoms with van der Waals surface area (Å²) < 4.78 is 22.2. The van der Waals surface area contributed by atoms with Gasteiger partial charge in [-0.3, -0.25) is 0 Å². The smallest absolute Gasteiger partial charge is 0.337 e. The van der Waals surface area contributed by atoms with Gasteiger partial charge >= 0.3 is 5.97 Å². The normalized spacial score (nSPS) is 13.1. The van der Waals surface area contributed by atoms with Crippen LogP contribution in [0.1, 0.15) is 17.3 Å². The molecular weight excluding hydrogens is 278 g/mol. The molecule has 100 valence electrons. The predicted octanol–water partition coefficient (Wildman–Crippen LogP) is 1.88. The first-order chi connectivity index (χ1) is 8.19. The van der Waals surface area contributed by atoms with Gasteiger partial charge in [0, 0.05) is 18.0 Å². The summed E-state index contributed by atoms with van der Waals surface area (Å²) in [6, 6.07) is 4.10. The van der Waals surface area contributed by atoms with Crippen LogP contribution in [0.3, 0.4) is 0 Å². The molecule has 1 aromatic carbocycles. The van der Waals surface area contributed by atoms with Gasteiger partial charge in [-0.15, -0.1) is 0 Å². The van der Waals surface area contributed by atoms with Crippen LogP contribution in [-0.2, 0) is 9.84 Å². The zero-order chi connectivity index (χ0) is 13.9. The number of sulfone groups is 1. The van der Waals surface area contributed by atoms with E-state index < -0.39 is 15.8 Å². The largest absolute Gasteiger partial charge is 0.478 e. The molecule has 0 radical (unpaired) electrons. The standard InChI is InChI=1S/C11H14ClNO4S/c1-7(6-18(2,16)17)13-8-3-4-9(11(14)15)10(12)5-8/h3-5,7,13H,6H2,1-2H3,(H,14,15). The van der Waals surface area contributed by atoms with E-state index in [9.17, 15) is 13.2 Å². The van der Waals surface area contributed by atoms with Gasteiger partial charge < -0.3 is 10.4 Å². The molecule has 0 saturated heterocycles. The summed E-state index contributed by atoms with van der Waals surface area (Å²) in [4.78, 5) is 10.8. The maximum absolute atomic E-state index is 11.1. The molecule has 0 spiro atoms. The number of rotatable bonds is 5. The zero-order valence-electron chi connectivity index (χ0n) is 9.97. The highest BCUT2D eigenvalue weighted by Crippen LogP contribution is 2.21. The Balaban J connectivity index is 2.81. The maximum atomic E-state index is 11.1. The van der Waals surface area contributed by atoms with E-state index in [0.29, 0.717) is 5.69 Å². The molecule has 0 aliphatic heterocycles. The second kappa shape index (κ2) is 5.58. The van der Waals surface area contributed by atoms with Crippen molar-refractivity contribution < 1.29 is 18.3 Å². The number of aromatic carboxylic acids is 1. The van der Waals surface area contributed by atoms with Crippen molar-refractivity contribution in [1.29, 1.82) is 0 Å². The Hall–Kier alpha value is -1.27. The second-order valence-electron chi connectivity index (χ2n) is 4.14. The van der Waals surface area contributed by atoms with Crippen LogP contribution >= 0.6 is 11.6 Å². The van der Waals surface area contributed by atoms with Gasteiger partial charge in [0.05, 0.1) is 16.3 Å². The first-order valence-corrected chi connectivity index (χ1v) is 7.60. The van der Waals surface area contributed by atoms with Gasteiger partial charge in [-0.1, -0.05) is 11.6 Å². The lowest BCUT2D eigenvalue weighted by Crippen LogP contribution is -2.25. The number of carboxylic acid groups (broad SMARTS) is 1. The molecule has 0 saturated carbocycles. The lowest BCUT2D eigenvalue weighted by Gasteiger charge is -2.14. The van der Waals surface area contributed by atoms with Crippen molar-refractivity contribution >= 4 is 33.1 Å². The monoisotopic (exact) mass is 291 g/mol. The number of carboxylic acids is 1. The Labute approximate surface area is 111 Å². The lowest BCUT2D eigenvalue weighted by molar-refractivity contribution is 0.0697. The molecule has 5 nitrogen and oxygen atoms in total. The Bertz CT molecular complexity index is 556. The Morgan fingerprint density at radius 1 is 1.50 bits per heavy atom. The number of hydrogen-bond acceptors (Lipinski definition) is 4. The molecule has 0 amide bonds. The van der Waals surface area contributed by atoms with E-state index in [-0.39, 0.29) is 22.4 Å². The highest BCUT2D eigenvalue weighted by Gasteiger charge is 2.12. The number of halogens is 1. The van der Waals surface area contributed by atoms with Crippen molar-refractivity contribution in [1.82, 2.24) is 0 Å². The van der Waals surface area contributed by atoms with E-state index in [1.54, 1.807) is 13.0 Å². The van der Waals surface area contributed by atoms with Gasteiger partial charge in [0.1, 0.15) is 9.84 Å². The Kier molecular flexibility index (Phi) is 4.59. The van der Waals surface area contributed by atoms with Crippen LogP contribution in [0.4, 0.5) is 5.69 Å². The molecule has 1 rings (SSSR count). The highest BCUT2D eigenvalue weighted by atomic mass is 35.5. The minimum absolute atomic E-state index is 0.00863. The fourth-order valence-electron chi connectivity index (χ4n) is 1.56. The summed E-state index contributed by atoms with van der Waals surface area (Å²) in [5, 5.41) is 11.9. The van der Waals surface area contributed by atoms with Crippen LogP contribution in [0.25, 0.3) is 0 Å². The first-order valence-electron chi connectivity index (χ1n) is 5.16. The first kappa shape index (κ1) is 14.8. The van der Waals surface area contributed by atoms with Crippen LogP contribution in [0, 0.1) is 0 Å². The molecule has 0 aliphatic rings. The number of carbonyl (C=O) groups is 1. The molecule has 0 aromatic heterocycles. The molecular formula is C11H14ClNO4S. The summed E-state index contributed by atoms with van der Waals surface area (Å²) in [6.45, 7) is 1.72. The quantitative estimate of drug-likeness (QED) is 0.865. The molecule has 0 aliphatic carbocycles. The van der Waals surface area contributed by atoms with E-state index in [2.05, 4.69) is 5.32 Å². The van der Waals surface area contributed by atoms with E-state index in [4.69, 9.17) is 16.7 Å². The van der Waals surface area contributed by atoms with Crippen molar-refractivity contribution in [3.63, 3.8) is 0 Å². The summed E-state index contributed by atoms with van der Waals surface area (Å²) >= 11 is 5.80. The SMILES string of the molecule is CC(CS(C)(=O)=O)Nc1ccc(C(=O)O)c(Cl)c1. The minimum atomic E-state index is -3.06. The molecule has 7 heteroatoms. The molecule has 1 atom stereocenters. The third kappa shape index (κ3) is 4.54. The van der Waals surface area contributed by atoms with E-state index in [1.807, 2.05) is 0 Å². The van der Waals surface area contributed by atoms with Crippen LogP contribution in [0.2, 0.25) is 5.02 Å². The van der Waals surface area contributed by atoms with Gasteiger partial charge in [-0.2, -0.15) is 0 Å². The van der Waals surface area contributed by atoms with Crippen molar-refractivity contribution in [2.45, 2.75) is 13.0 Å². The van der Waals surface area contributed by atoms with Gasteiger partial charge in [0.15, 0.2) is 0 Å². The Morgan fingerprint density at radius 3 is 2.56 bits per heavy atom. The molecule has 1 unspecified atom stereocenters. The number of hydrogen-bond donors (Lipinski definition) is 2. The fraction of sp³-hybridized carbons (Fsp3) is 0.364. The van der Waals surface area contributed by atoms with Gasteiger partial charge in [0.2, 0.25) is 0 Å². The molecule has 2 N–H and O–H groups in total. The van der Waals surface area contributed by atoms with Gasteiger partial charge in [0.25, 0.3) is 0 Å². The number of benzene rings is 1. The maximum Gasteiger partial charge on any atom is 0.337 e. The van der Waals surface area contributed by atoms with E-state index >= 15 is 0 Å². The average Bonchev–Trinajstić information content (AvgIpc) is 2.13. The molecule has 18 heavy (non-hydrogen) atoms. The molecule has 1 aromatic rings. The van der Waals surface area contributed by atoms with Gasteiger partial charge in [-0.25, -0.2) is 13.2 Å². The highest BCUT2D eigenvalue weighted by molar-refractivity contribution is 7.90. The lowest BCUT2D eigenvalue weighted by atomic mass is 10.2. The number of nitrogens with one attached hydrogen (secondary N) is 1. The minimum Gasteiger partial charge on any atom is -0.478 e. The third-order valence-electron chi connectivity index (χ3n) is 2.17. The van der Waals surface area contributed by atoms with Crippen molar-refractivity contribution in [3.05, 3.63) is 28.8 Å². The molecule has 0 fully saturated rings. The number of anilines is 1. The van der Waals surface area contributed by atoms with Crippen molar-refractivity contribution in [2.24, 2.45) is 0 Å². The van der Waals surface area contributed by atoms with Gasteiger partial charge in [-0.05, 0) is 25.1 Å². The summed E-state index contributed by atoms with van der Waals surface area (Å²) in [5.74, 6) is -1.11. The van der Waals surface area contributed by atoms with E-state index in [0.717, 1.165) is 6.26 Å². The third-order valence-corrected chi connectivity index (χ3v) is 3.58. The second-order valence-corrected chi connectivity index (χ2v) is 6.73. The van der Waals surface area contributed by atoms with Crippen LogP contribution in [0.15, 0.2) is 18.2 Å². The van der Waals surface area contributed by atoms with Crippen LogP contribution < -0.4 is 5.32 Å². The van der Waals surface area contributed by atoms with E-state index in [1.165, 1.54) is 12.1 Å². The summed E-state index contributed by atoms with van der Waals surface area (Å²) in [5.41, 5.74) is 0.596. The van der Waals surface area contributed by atoms with Crippen molar-refractivity contribution in [2.75, 3.05) is 17.3 Å². The van der Waals surface area contributed by atoms with Crippen LogP contribution in [-0.4, -0.2) is 37.5 Å². The topological polar surface area (TPSA) is 83.5 Å². The summed E-state index contributed by atoms with van der Waals surface area (Å²) in [7, 11) is -3.06. The van der Waals surface area contributed by atoms with Crippen molar-refractivity contribution in [3.8, 4) is 0 Å². The molecule has 0 bridgehead atoms. The molecule has 0 heterocycles. The summed E-state index contributed by atoms with van der Waals surface area (Å²) in [6.07, 6.45) is 1.16. The average molecular weight is 292 g/mol.